The molecule has 21 heavy (non-hydrogen) atoms. The Morgan fingerprint density at radius 3 is 2.10 bits per heavy atom. The Kier molecular flexibility index (Phi) is 4.56. The van der Waals surface area contributed by atoms with Crippen LogP contribution in [-0.2, 0) is 18.4 Å². The summed E-state index contributed by atoms with van der Waals surface area (Å²) in [6.07, 6.45) is 0.985. The second-order valence-electron chi connectivity index (χ2n) is 6.46. The van der Waals surface area contributed by atoms with Gasteiger partial charge in [-0.3, -0.25) is 0 Å². The Balaban J connectivity index is 2.03. The maximum absolute atomic E-state index is 6.02. The monoisotopic (exact) mass is 283 g/mol. The number of nitrogens with two attached hydrogens (primary N) is 1. The second-order valence-corrected chi connectivity index (χ2v) is 6.46. The molecule has 0 atom stereocenters. The summed E-state index contributed by atoms with van der Waals surface area (Å²) < 4.78 is 5.82. The van der Waals surface area contributed by atoms with Crippen molar-refractivity contribution in [3.8, 4) is 5.75 Å². The number of anilines is 1. The number of hydrogen-bond donors (Lipinski definition) is 1. The van der Waals surface area contributed by atoms with Crippen molar-refractivity contribution in [3.05, 3.63) is 59.2 Å². The van der Waals surface area contributed by atoms with E-state index in [-0.39, 0.29) is 5.41 Å². The van der Waals surface area contributed by atoms with Crippen LogP contribution in [0.3, 0.4) is 0 Å². The Morgan fingerprint density at radius 2 is 1.57 bits per heavy atom. The molecule has 0 saturated carbocycles. The van der Waals surface area contributed by atoms with Crippen molar-refractivity contribution in [3.63, 3.8) is 0 Å². The zero-order valence-corrected chi connectivity index (χ0v) is 13.4. The molecule has 0 aliphatic carbocycles. The number of nitrogen functional groups attached to an aromatic ring is 1. The molecule has 0 unspecified atom stereocenters. The van der Waals surface area contributed by atoms with E-state index in [0.29, 0.717) is 12.3 Å². The van der Waals surface area contributed by atoms with E-state index >= 15 is 0 Å². The van der Waals surface area contributed by atoms with Gasteiger partial charge in [0.05, 0.1) is 5.69 Å². The molecule has 2 nitrogen and oxygen atoms in total. The number of rotatable bonds is 4. The summed E-state index contributed by atoms with van der Waals surface area (Å²) in [6.45, 7) is 9.31. The lowest BCUT2D eigenvalue weighted by atomic mass is 9.87. The van der Waals surface area contributed by atoms with Gasteiger partial charge in [0, 0.05) is 0 Å². The third-order valence-electron chi connectivity index (χ3n) is 3.70. The molecule has 0 fully saturated rings. The van der Waals surface area contributed by atoms with Crippen LogP contribution in [0.25, 0.3) is 0 Å². The van der Waals surface area contributed by atoms with Crippen molar-refractivity contribution in [2.75, 3.05) is 5.73 Å². The first kappa shape index (κ1) is 15.4. The van der Waals surface area contributed by atoms with E-state index in [4.69, 9.17) is 10.5 Å². The zero-order valence-electron chi connectivity index (χ0n) is 13.4. The molecule has 0 aliphatic heterocycles. The normalized spacial score (nSPS) is 11.4. The number of hydrogen-bond acceptors (Lipinski definition) is 2. The summed E-state index contributed by atoms with van der Waals surface area (Å²) in [7, 11) is 0. The molecule has 0 amide bonds. The first-order chi connectivity index (χ1) is 9.90. The van der Waals surface area contributed by atoms with Gasteiger partial charge in [-0.05, 0) is 40.7 Å². The molecule has 0 bridgehead atoms. The fraction of sp³-hybridized carbons (Fsp3) is 0.368. The average Bonchev–Trinajstić information content (AvgIpc) is 2.45. The predicted molar refractivity (Wildman–Crippen MR) is 89.7 cm³/mol. The molecule has 2 aromatic carbocycles. The summed E-state index contributed by atoms with van der Waals surface area (Å²) in [5.74, 6) is 0.757. The van der Waals surface area contributed by atoms with Crippen molar-refractivity contribution in [2.24, 2.45) is 0 Å². The second kappa shape index (κ2) is 6.21. The van der Waals surface area contributed by atoms with Crippen LogP contribution in [0.1, 0.15) is 44.4 Å². The summed E-state index contributed by atoms with van der Waals surface area (Å²) in [6, 6.07) is 14.6. The minimum absolute atomic E-state index is 0.180. The van der Waals surface area contributed by atoms with Crippen LogP contribution in [0.2, 0.25) is 0 Å². The van der Waals surface area contributed by atoms with Gasteiger partial charge >= 0.3 is 0 Å². The van der Waals surface area contributed by atoms with Crippen LogP contribution < -0.4 is 10.5 Å². The van der Waals surface area contributed by atoms with Gasteiger partial charge in [-0.15, -0.1) is 0 Å². The fourth-order valence-corrected chi connectivity index (χ4v) is 2.21. The molecule has 0 saturated heterocycles. The van der Waals surface area contributed by atoms with Crippen molar-refractivity contribution >= 4 is 5.69 Å². The lowest BCUT2D eigenvalue weighted by Gasteiger charge is -2.19. The highest BCUT2D eigenvalue weighted by molar-refractivity contribution is 5.54. The molecular formula is C19H25NO. The molecule has 0 aromatic heterocycles. The number of benzene rings is 2. The SMILES string of the molecule is CCc1ccc(OCc2ccc(C(C)(C)C)cc2)c(N)c1. The highest BCUT2D eigenvalue weighted by Gasteiger charge is 2.12. The maximum Gasteiger partial charge on any atom is 0.142 e. The third-order valence-corrected chi connectivity index (χ3v) is 3.70. The van der Waals surface area contributed by atoms with Crippen LogP contribution in [0.4, 0.5) is 5.69 Å². The van der Waals surface area contributed by atoms with E-state index in [2.05, 4.69) is 58.0 Å². The summed E-state index contributed by atoms with van der Waals surface area (Å²) in [5, 5.41) is 0. The number of ether oxygens (including phenoxy) is 1. The van der Waals surface area contributed by atoms with Crippen LogP contribution in [0, 0.1) is 0 Å². The van der Waals surface area contributed by atoms with Crippen molar-refractivity contribution in [1.82, 2.24) is 0 Å². The maximum atomic E-state index is 6.02. The first-order valence-electron chi connectivity index (χ1n) is 7.51. The predicted octanol–water partition coefficient (Wildman–Crippen LogP) is 4.71. The topological polar surface area (TPSA) is 35.2 Å². The lowest BCUT2D eigenvalue weighted by molar-refractivity contribution is 0.308. The van der Waals surface area contributed by atoms with Crippen LogP contribution in [-0.4, -0.2) is 0 Å². The van der Waals surface area contributed by atoms with Gasteiger partial charge in [0.25, 0.3) is 0 Å². The van der Waals surface area contributed by atoms with E-state index < -0.39 is 0 Å². The Bertz CT molecular complexity index is 594. The van der Waals surface area contributed by atoms with Crippen molar-refractivity contribution in [2.45, 2.75) is 46.1 Å². The van der Waals surface area contributed by atoms with E-state index in [9.17, 15) is 0 Å². The van der Waals surface area contributed by atoms with Crippen LogP contribution in [0.5, 0.6) is 5.75 Å². The quantitative estimate of drug-likeness (QED) is 0.825. The molecular weight excluding hydrogens is 258 g/mol. The fourth-order valence-electron chi connectivity index (χ4n) is 2.21. The Morgan fingerprint density at radius 1 is 0.952 bits per heavy atom. The Labute approximate surface area is 127 Å². The van der Waals surface area contributed by atoms with E-state index in [1.54, 1.807) is 0 Å². The van der Waals surface area contributed by atoms with E-state index in [0.717, 1.165) is 17.7 Å². The molecule has 2 heteroatoms. The van der Waals surface area contributed by atoms with Gasteiger partial charge in [0.2, 0.25) is 0 Å². The summed E-state index contributed by atoms with van der Waals surface area (Å²) in [5.41, 5.74) is 10.6. The highest BCUT2D eigenvalue weighted by Crippen LogP contribution is 2.25. The standard InChI is InChI=1S/C19H25NO/c1-5-14-8-11-18(17(20)12-14)21-13-15-6-9-16(10-7-15)19(2,3)4/h6-12H,5,13,20H2,1-4H3. The molecule has 2 N–H and O–H groups in total. The van der Waals surface area contributed by atoms with Gasteiger partial charge in [-0.25, -0.2) is 0 Å². The van der Waals surface area contributed by atoms with Crippen LogP contribution in [0.15, 0.2) is 42.5 Å². The van der Waals surface area contributed by atoms with Crippen molar-refractivity contribution < 1.29 is 4.74 Å². The first-order valence-corrected chi connectivity index (χ1v) is 7.51. The van der Waals surface area contributed by atoms with E-state index in [1.165, 1.54) is 11.1 Å². The lowest BCUT2D eigenvalue weighted by Crippen LogP contribution is -2.10. The molecule has 112 valence electrons. The summed E-state index contributed by atoms with van der Waals surface area (Å²) in [4.78, 5) is 0. The molecule has 2 aromatic rings. The largest absolute Gasteiger partial charge is 0.487 e. The van der Waals surface area contributed by atoms with Gasteiger partial charge in [-0.2, -0.15) is 0 Å². The van der Waals surface area contributed by atoms with Gasteiger partial charge in [-0.1, -0.05) is 58.0 Å². The summed E-state index contributed by atoms with van der Waals surface area (Å²) >= 11 is 0. The molecule has 0 heterocycles. The van der Waals surface area contributed by atoms with Crippen LogP contribution >= 0.6 is 0 Å². The Hall–Kier alpha value is -1.96. The average molecular weight is 283 g/mol. The number of aryl methyl sites for hydroxylation is 1. The van der Waals surface area contributed by atoms with Crippen molar-refractivity contribution in [1.29, 1.82) is 0 Å². The molecule has 0 aliphatic rings. The smallest absolute Gasteiger partial charge is 0.142 e. The van der Waals surface area contributed by atoms with Gasteiger partial charge < -0.3 is 10.5 Å². The molecule has 0 radical (unpaired) electrons. The molecule has 0 spiro atoms. The van der Waals surface area contributed by atoms with E-state index in [1.807, 2.05) is 12.1 Å². The van der Waals surface area contributed by atoms with Gasteiger partial charge in [0.15, 0.2) is 0 Å². The minimum atomic E-state index is 0.180. The third kappa shape index (κ3) is 4.01. The van der Waals surface area contributed by atoms with Gasteiger partial charge in [0.1, 0.15) is 12.4 Å². The minimum Gasteiger partial charge on any atom is -0.487 e. The highest BCUT2D eigenvalue weighted by atomic mass is 16.5. The zero-order chi connectivity index (χ0) is 15.5. The molecule has 2 rings (SSSR count).